The van der Waals surface area contributed by atoms with E-state index < -0.39 is 11.9 Å². The Balaban J connectivity index is 2.86. The molecule has 0 aromatic carbocycles. The van der Waals surface area contributed by atoms with Crippen LogP contribution in [0.1, 0.15) is 40.1 Å². The van der Waals surface area contributed by atoms with E-state index in [9.17, 15) is 19.2 Å². The van der Waals surface area contributed by atoms with Crippen LogP contribution in [-0.4, -0.2) is 34.7 Å². The maximum atomic E-state index is 11.2. The normalized spacial score (nSPS) is 10.2. The molecule has 2 rings (SSSR count). The summed E-state index contributed by atoms with van der Waals surface area (Å²) in [5, 5.41) is 20.7. The molecule has 0 aliphatic rings. The zero-order valence-electron chi connectivity index (χ0n) is 9.65. The molecule has 0 amide bonds. The number of rotatable bonds is 5. The Morgan fingerprint density at radius 3 is 1.45 bits per heavy atom. The van der Waals surface area contributed by atoms with Crippen LogP contribution in [0.2, 0.25) is 0 Å². The van der Waals surface area contributed by atoms with Gasteiger partial charge in [0.15, 0.2) is 12.6 Å². The van der Waals surface area contributed by atoms with Crippen LogP contribution in [0.15, 0.2) is 10.8 Å². The predicted octanol–water partition coefficient (Wildman–Crippen LogP) is 2.50. The van der Waals surface area contributed by atoms with E-state index in [1.165, 1.54) is 10.8 Å². The standard InChI is InChI=1S/C12H6O6S2/c13-1-7-9(5(3-19-7)11(15)16)10-6(12(17)18)4-20-8(10)2-14/h1-4H,(H,15,16)(H,17,18). The van der Waals surface area contributed by atoms with Gasteiger partial charge in [0.2, 0.25) is 0 Å². The average Bonchev–Trinajstić information content (AvgIpc) is 3.00. The van der Waals surface area contributed by atoms with E-state index >= 15 is 0 Å². The Morgan fingerprint density at radius 1 is 0.850 bits per heavy atom. The van der Waals surface area contributed by atoms with Crippen molar-refractivity contribution in [2.75, 3.05) is 0 Å². The SMILES string of the molecule is O=Cc1scc(C(=O)O)c1-c1c(C(=O)O)csc1C=O. The molecule has 0 atom stereocenters. The van der Waals surface area contributed by atoms with Crippen LogP contribution in [0.3, 0.4) is 0 Å². The van der Waals surface area contributed by atoms with Gasteiger partial charge >= 0.3 is 11.9 Å². The van der Waals surface area contributed by atoms with E-state index in [0.717, 1.165) is 22.7 Å². The third-order valence-corrected chi connectivity index (χ3v) is 4.38. The Morgan fingerprint density at radius 2 is 1.20 bits per heavy atom. The van der Waals surface area contributed by atoms with Crippen LogP contribution >= 0.6 is 22.7 Å². The van der Waals surface area contributed by atoms with Gasteiger partial charge in [-0.15, -0.1) is 22.7 Å². The quantitative estimate of drug-likeness (QED) is 0.821. The van der Waals surface area contributed by atoms with Crippen LogP contribution in [0.5, 0.6) is 0 Å². The van der Waals surface area contributed by atoms with Gasteiger partial charge in [-0.1, -0.05) is 0 Å². The number of carboxylic acid groups (broad SMARTS) is 2. The summed E-state index contributed by atoms with van der Waals surface area (Å²) in [6.45, 7) is 0. The molecule has 20 heavy (non-hydrogen) atoms. The van der Waals surface area contributed by atoms with Gasteiger partial charge in [-0.2, -0.15) is 0 Å². The average molecular weight is 310 g/mol. The summed E-state index contributed by atoms with van der Waals surface area (Å²) in [5.41, 5.74) is -0.418. The summed E-state index contributed by atoms with van der Waals surface area (Å²) in [6.07, 6.45) is 0.897. The van der Waals surface area contributed by atoms with E-state index in [2.05, 4.69) is 0 Å². The van der Waals surface area contributed by atoms with Gasteiger partial charge in [0.1, 0.15) is 0 Å². The first kappa shape index (κ1) is 14.1. The molecule has 0 saturated heterocycles. The number of carbonyl (C=O) groups excluding carboxylic acids is 2. The zero-order valence-corrected chi connectivity index (χ0v) is 11.3. The molecule has 102 valence electrons. The first-order valence-electron chi connectivity index (χ1n) is 5.11. The van der Waals surface area contributed by atoms with Gasteiger partial charge in [-0.25, -0.2) is 9.59 Å². The number of carboxylic acids is 2. The topological polar surface area (TPSA) is 109 Å². The third-order valence-electron chi connectivity index (χ3n) is 2.56. The van der Waals surface area contributed by atoms with Crippen molar-refractivity contribution in [1.82, 2.24) is 0 Å². The van der Waals surface area contributed by atoms with Crippen molar-refractivity contribution in [2.45, 2.75) is 0 Å². The summed E-state index contributed by atoms with van der Waals surface area (Å²) in [6, 6.07) is 0. The predicted molar refractivity (Wildman–Crippen MR) is 72.3 cm³/mol. The minimum absolute atomic E-state index is 0.0155. The molecule has 2 heterocycles. The van der Waals surface area contributed by atoms with Crippen molar-refractivity contribution in [3.8, 4) is 11.1 Å². The molecular formula is C12H6O6S2. The van der Waals surface area contributed by atoms with Crippen LogP contribution in [0.25, 0.3) is 11.1 Å². The molecule has 0 aliphatic carbocycles. The van der Waals surface area contributed by atoms with Gasteiger partial charge in [-0.05, 0) is 0 Å². The van der Waals surface area contributed by atoms with Crippen LogP contribution in [0.4, 0.5) is 0 Å². The molecule has 0 radical (unpaired) electrons. The fourth-order valence-electron chi connectivity index (χ4n) is 1.75. The van der Waals surface area contributed by atoms with Gasteiger partial charge < -0.3 is 10.2 Å². The number of aromatic carboxylic acids is 2. The Bertz CT molecular complexity index is 662. The minimum Gasteiger partial charge on any atom is -0.478 e. The third kappa shape index (κ3) is 2.15. The second kappa shape index (κ2) is 5.35. The fourth-order valence-corrected chi connectivity index (χ4v) is 3.45. The number of carbonyl (C=O) groups is 4. The highest BCUT2D eigenvalue weighted by Gasteiger charge is 2.26. The van der Waals surface area contributed by atoms with Crippen molar-refractivity contribution < 1.29 is 29.4 Å². The minimum atomic E-state index is -1.29. The maximum Gasteiger partial charge on any atom is 0.337 e. The lowest BCUT2D eigenvalue weighted by Gasteiger charge is -2.03. The Kier molecular flexibility index (Phi) is 3.77. The van der Waals surface area contributed by atoms with E-state index in [1.54, 1.807) is 0 Å². The van der Waals surface area contributed by atoms with Crippen molar-refractivity contribution in [1.29, 1.82) is 0 Å². The monoisotopic (exact) mass is 310 g/mol. The van der Waals surface area contributed by atoms with E-state index in [1.807, 2.05) is 0 Å². The van der Waals surface area contributed by atoms with Gasteiger partial charge in [0, 0.05) is 21.9 Å². The summed E-state index contributed by atoms with van der Waals surface area (Å²) < 4.78 is 0. The molecular weight excluding hydrogens is 304 g/mol. The Hall–Kier alpha value is -2.32. The van der Waals surface area contributed by atoms with Crippen molar-refractivity contribution in [3.63, 3.8) is 0 Å². The van der Waals surface area contributed by atoms with Crippen LogP contribution < -0.4 is 0 Å². The van der Waals surface area contributed by atoms with E-state index in [4.69, 9.17) is 10.2 Å². The first-order chi connectivity index (χ1) is 9.51. The Labute approximate surface area is 119 Å². The van der Waals surface area contributed by atoms with Crippen molar-refractivity contribution in [2.24, 2.45) is 0 Å². The second-order valence-electron chi connectivity index (χ2n) is 3.62. The second-order valence-corrected chi connectivity index (χ2v) is 5.45. The molecule has 0 fully saturated rings. The highest BCUT2D eigenvalue weighted by molar-refractivity contribution is 7.13. The summed E-state index contributed by atoms with van der Waals surface area (Å²) in [5.74, 6) is -2.58. The molecule has 0 spiro atoms. The number of aldehydes is 2. The van der Waals surface area contributed by atoms with Crippen molar-refractivity contribution in [3.05, 3.63) is 31.6 Å². The molecule has 2 N–H and O–H groups in total. The first-order valence-corrected chi connectivity index (χ1v) is 6.87. The fraction of sp³-hybridized carbons (Fsp3) is 0. The molecule has 2 aromatic rings. The largest absolute Gasteiger partial charge is 0.478 e. The molecule has 2 aromatic heterocycles. The van der Waals surface area contributed by atoms with Crippen LogP contribution in [0, 0.1) is 0 Å². The summed E-state index contributed by atoms with van der Waals surface area (Å²) in [4.78, 5) is 44.6. The maximum absolute atomic E-state index is 11.2. The number of hydrogen-bond donors (Lipinski definition) is 2. The molecule has 6 nitrogen and oxygen atoms in total. The molecule has 0 bridgehead atoms. The van der Waals surface area contributed by atoms with Gasteiger partial charge in [0.25, 0.3) is 0 Å². The molecule has 0 saturated carbocycles. The summed E-state index contributed by atoms with van der Waals surface area (Å²) in [7, 11) is 0. The smallest absolute Gasteiger partial charge is 0.337 e. The van der Waals surface area contributed by atoms with E-state index in [0.29, 0.717) is 12.6 Å². The molecule has 0 unspecified atom stereocenters. The van der Waals surface area contributed by atoms with Gasteiger partial charge in [0.05, 0.1) is 20.9 Å². The lowest BCUT2D eigenvalue weighted by Crippen LogP contribution is -2.02. The number of hydrogen-bond acceptors (Lipinski definition) is 6. The van der Waals surface area contributed by atoms with Gasteiger partial charge in [-0.3, -0.25) is 9.59 Å². The number of thiophene rings is 2. The van der Waals surface area contributed by atoms with Crippen LogP contribution in [-0.2, 0) is 0 Å². The zero-order chi connectivity index (χ0) is 14.9. The highest BCUT2D eigenvalue weighted by atomic mass is 32.1. The molecule has 0 aliphatic heterocycles. The van der Waals surface area contributed by atoms with Crippen molar-refractivity contribution >= 4 is 47.2 Å². The lowest BCUT2D eigenvalue weighted by molar-refractivity contribution is 0.0685. The highest BCUT2D eigenvalue weighted by Crippen LogP contribution is 2.38. The summed E-state index contributed by atoms with van der Waals surface area (Å²) >= 11 is 1.78. The van der Waals surface area contributed by atoms with E-state index in [-0.39, 0.29) is 32.0 Å². The lowest BCUT2D eigenvalue weighted by atomic mass is 9.98. The molecule has 8 heteroatoms.